The lowest BCUT2D eigenvalue weighted by Gasteiger charge is -2.04. The van der Waals surface area contributed by atoms with E-state index in [1.807, 2.05) is 6.08 Å². The molecule has 3 heteroatoms. The molecule has 0 unspecified atom stereocenters. The van der Waals surface area contributed by atoms with Gasteiger partial charge in [0.1, 0.15) is 0 Å². The average molecular weight is 182 g/mol. The third-order valence-corrected chi connectivity index (χ3v) is 1.99. The first-order valence-corrected chi connectivity index (χ1v) is 4.94. The zero-order valence-electron chi connectivity index (χ0n) is 8.01. The highest BCUT2D eigenvalue weighted by Crippen LogP contribution is 2.18. The minimum Gasteiger partial charge on any atom is -0.352 e. The van der Waals surface area contributed by atoms with Gasteiger partial charge >= 0.3 is 0 Å². The van der Waals surface area contributed by atoms with Gasteiger partial charge in [-0.2, -0.15) is 0 Å². The Morgan fingerprint density at radius 1 is 1.54 bits per heavy atom. The molecule has 2 N–H and O–H groups in total. The summed E-state index contributed by atoms with van der Waals surface area (Å²) in [5, 5.41) is 6.02. The molecule has 0 saturated heterocycles. The van der Waals surface area contributed by atoms with Crippen molar-refractivity contribution in [3.05, 3.63) is 12.7 Å². The first-order chi connectivity index (χ1) is 6.33. The van der Waals surface area contributed by atoms with Crippen molar-refractivity contribution < 1.29 is 4.79 Å². The van der Waals surface area contributed by atoms with Gasteiger partial charge in [-0.1, -0.05) is 6.08 Å². The van der Waals surface area contributed by atoms with Gasteiger partial charge in [0.2, 0.25) is 5.91 Å². The van der Waals surface area contributed by atoms with Crippen molar-refractivity contribution in [2.75, 3.05) is 13.1 Å². The quantitative estimate of drug-likeness (QED) is 0.452. The molecule has 1 aliphatic carbocycles. The summed E-state index contributed by atoms with van der Waals surface area (Å²) < 4.78 is 0. The van der Waals surface area contributed by atoms with Crippen LogP contribution < -0.4 is 10.6 Å². The highest BCUT2D eigenvalue weighted by Gasteiger charge is 2.22. The second kappa shape index (κ2) is 5.75. The second-order valence-electron chi connectivity index (χ2n) is 3.45. The third-order valence-electron chi connectivity index (χ3n) is 1.99. The van der Waals surface area contributed by atoms with Gasteiger partial charge in [0.05, 0.1) is 6.54 Å². The fourth-order valence-electron chi connectivity index (χ4n) is 1.08. The van der Waals surface area contributed by atoms with E-state index in [1.165, 1.54) is 0 Å². The lowest BCUT2D eigenvalue weighted by Crippen LogP contribution is -2.35. The van der Waals surface area contributed by atoms with E-state index in [0.717, 1.165) is 32.2 Å². The van der Waals surface area contributed by atoms with Crippen molar-refractivity contribution in [3.63, 3.8) is 0 Å². The molecule has 1 aliphatic rings. The van der Waals surface area contributed by atoms with E-state index in [1.54, 1.807) is 0 Å². The summed E-state index contributed by atoms with van der Waals surface area (Å²) in [6.07, 6.45) is 6.27. The van der Waals surface area contributed by atoms with Gasteiger partial charge in [0, 0.05) is 6.04 Å². The Labute approximate surface area is 79.6 Å². The van der Waals surface area contributed by atoms with Crippen molar-refractivity contribution in [2.24, 2.45) is 0 Å². The van der Waals surface area contributed by atoms with Gasteiger partial charge in [0.25, 0.3) is 0 Å². The van der Waals surface area contributed by atoms with Crippen LogP contribution in [0.2, 0.25) is 0 Å². The number of amides is 1. The first kappa shape index (κ1) is 10.3. The van der Waals surface area contributed by atoms with E-state index in [-0.39, 0.29) is 5.91 Å². The van der Waals surface area contributed by atoms with E-state index in [2.05, 4.69) is 17.2 Å². The highest BCUT2D eigenvalue weighted by atomic mass is 16.2. The molecular weight excluding hydrogens is 164 g/mol. The molecule has 0 aromatic carbocycles. The fraction of sp³-hybridized carbons (Fsp3) is 0.700. The summed E-state index contributed by atoms with van der Waals surface area (Å²) in [5.74, 6) is 0.126. The maximum Gasteiger partial charge on any atom is 0.234 e. The van der Waals surface area contributed by atoms with E-state index < -0.39 is 0 Å². The minimum absolute atomic E-state index is 0.126. The number of carbonyl (C=O) groups is 1. The van der Waals surface area contributed by atoms with E-state index in [9.17, 15) is 4.79 Å². The molecule has 0 aromatic heterocycles. The van der Waals surface area contributed by atoms with Crippen LogP contribution in [0, 0.1) is 0 Å². The Hall–Kier alpha value is -0.830. The van der Waals surface area contributed by atoms with Crippen LogP contribution >= 0.6 is 0 Å². The van der Waals surface area contributed by atoms with Crippen LogP contribution in [0.25, 0.3) is 0 Å². The number of hydrogen-bond acceptors (Lipinski definition) is 2. The maximum atomic E-state index is 11.1. The molecule has 0 bridgehead atoms. The van der Waals surface area contributed by atoms with Crippen LogP contribution in [0.15, 0.2) is 12.7 Å². The zero-order chi connectivity index (χ0) is 9.52. The van der Waals surface area contributed by atoms with E-state index >= 15 is 0 Å². The predicted octanol–water partition coefficient (Wildman–Crippen LogP) is 0.821. The summed E-state index contributed by atoms with van der Waals surface area (Å²) in [6.45, 7) is 4.98. The lowest BCUT2D eigenvalue weighted by atomic mass is 10.3. The molecule has 0 radical (unpaired) electrons. The highest BCUT2D eigenvalue weighted by molar-refractivity contribution is 5.78. The van der Waals surface area contributed by atoms with Crippen LogP contribution in [0.3, 0.4) is 0 Å². The molecule has 0 spiro atoms. The monoisotopic (exact) mass is 182 g/mol. The summed E-state index contributed by atoms with van der Waals surface area (Å²) >= 11 is 0. The van der Waals surface area contributed by atoms with Gasteiger partial charge in [0.15, 0.2) is 0 Å². The Morgan fingerprint density at radius 3 is 2.92 bits per heavy atom. The molecule has 1 rings (SSSR count). The number of hydrogen-bond donors (Lipinski definition) is 2. The van der Waals surface area contributed by atoms with Crippen LogP contribution in [-0.4, -0.2) is 25.0 Å². The second-order valence-corrected chi connectivity index (χ2v) is 3.45. The molecule has 0 heterocycles. The van der Waals surface area contributed by atoms with E-state index in [0.29, 0.717) is 12.6 Å². The van der Waals surface area contributed by atoms with Gasteiger partial charge < -0.3 is 10.6 Å². The topological polar surface area (TPSA) is 41.1 Å². The van der Waals surface area contributed by atoms with Gasteiger partial charge in [-0.15, -0.1) is 6.58 Å². The van der Waals surface area contributed by atoms with Gasteiger partial charge in [-0.25, -0.2) is 0 Å². The van der Waals surface area contributed by atoms with Crippen LogP contribution in [-0.2, 0) is 4.79 Å². The van der Waals surface area contributed by atoms with Gasteiger partial charge in [-0.05, 0) is 32.2 Å². The molecule has 1 fully saturated rings. The largest absolute Gasteiger partial charge is 0.352 e. The SMILES string of the molecule is C=CCCCNCC(=O)NC1CC1. The molecular formula is C10H18N2O. The zero-order valence-corrected chi connectivity index (χ0v) is 8.01. The molecule has 3 nitrogen and oxygen atoms in total. The summed E-state index contributed by atoms with van der Waals surface area (Å²) in [6, 6.07) is 0.475. The Morgan fingerprint density at radius 2 is 2.31 bits per heavy atom. The number of unbranched alkanes of at least 4 members (excludes halogenated alkanes) is 1. The smallest absolute Gasteiger partial charge is 0.234 e. The Kier molecular flexibility index (Phi) is 4.54. The summed E-state index contributed by atoms with van der Waals surface area (Å²) in [4.78, 5) is 11.1. The number of nitrogens with one attached hydrogen (secondary N) is 2. The molecule has 0 aromatic rings. The van der Waals surface area contributed by atoms with E-state index in [4.69, 9.17) is 0 Å². The van der Waals surface area contributed by atoms with Crippen LogP contribution in [0.4, 0.5) is 0 Å². The van der Waals surface area contributed by atoms with Crippen molar-refractivity contribution in [1.82, 2.24) is 10.6 Å². The predicted molar refractivity (Wildman–Crippen MR) is 53.5 cm³/mol. The van der Waals surface area contributed by atoms with Gasteiger partial charge in [-0.3, -0.25) is 4.79 Å². The average Bonchev–Trinajstić information content (AvgIpc) is 2.88. The summed E-state index contributed by atoms with van der Waals surface area (Å²) in [7, 11) is 0. The minimum atomic E-state index is 0.126. The number of carbonyl (C=O) groups excluding carboxylic acids is 1. The first-order valence-electron chi connectivity index (χ1n) is 4.94. The fourth-order valence-corrected chi connectivity index (χ4v) is 1.08. The standard InChI is InChI=1S/C10H18N2O/c1-2-3-4-7-11-8-10(13)12-9-5-6-9/h2,9,11H,1,3-8H2,(H,12,13). The van der Waals surface area contributed by atoms with Crippen molar-refractivity contribution in [2.45, 2.75) is 31.7 Å². The molecule has 0 aliphatic heterocycles. The molecule has 1 amide bonds. The van der Waals surface area contributed by atoms with Crippen LogP contribution in [0.5, 0.6) is 0 Å². The Balaban J connectivity index is 1.85. The number of allylic oxidation sites excluding steroid dienone is 1. The molecule has 0 atom stereocenters. The molecule has 74 valence electrons. The van der Waals surface area contributed by atoms with Crippen molar-refractivity contribution in [1.29, 1.82) is 0 Å². The molecule has 13 heavy (non-hydrogen) atoms. The molecule has 1 saturated carbocycles. The maximum absolute atomic E-state index is 11.1. The van der Waals surface area contributed by atoms with Crippen LogP contribution in [0.1, 0.15) is 25.7 Å². The third kappa shape index (κ3) is 5.42. The lowest BCUT2D eigenvalue weighted by molar-refractivity contribution is -0.120. The Bertz CT molecular complexity index is 176. The van der Waals surface area contributed by atoms with Crippen molar-refractivity contribution in [3.8, 4) is 0 Å². The number of rotatable bonds is 7. The summed E-state index contributed by atoms with van der Waals surface area (Å²) in [5.41, 5.74) is 0. The normalized spacial score (nSPS) is 15.4. The van der Waals surface area contributed by atoms with Crippen molar-refractivity contribution >= 4 is 5.91 Å².